The molecule has 1 saturated carbocycles. The monoisotopic (exact) mass is 385 g/mol. The molecule has 134 valence electrons. The van der Waals surface area contributed by atoms with E-state index in [0.29, 0.717) is 19.5 Å². The van der Waals surface area contributed by atoms with Crippen molar-refractivity contribution in [1.82, 2.24) is 10.2 Å². The maximum Gasteiger partial charge on any atom is 0.290 e. The molecule has 9 heteroatoms. The molecule has 0 spiro atoms. The molecule has 7 nitrogen and oxygen atoms in total. The van der Waals surface area contributed by atoms with Gasteiger partial charge in [0.2, 0.25) is 5.91 Å². The highest BCUT2D eigenvalue weighted by molar-refractivity contribution is 6.43. The van der Waals surface area contributed by atoms with Crippen LogP contribution in [0.2, 0.25) is 10.0 Å². The maximum atomic E-state index is 12.7. The summed E-state index contributed by atoms with van der Waals surface area (Å²) in [6.07, 6.45) is 3.45. The number of nitro benzene ring substituents is 1. The Morgan fingerprint density at radius 1 is 1.24 bits per heavy atom. The second-order valence-electron chi connectivity index (χ2n) is 6.42. The average molecular weight is 386 g/mol. The first-order chi connectivity index (χ1) is 11.9. The van der Waals surface area contributed by atoms with Crippen molar-refractivity contribution in [2.75, 3.05) is 13.1 Å². The highest BCUT2D eigenvalue weighted by Crippen LogP contribution is 2.34. The van der Waals surface area contributed by atoms with Crippen LogP contribution in [0.5, 0.6) is 0 Å². The van der Waals surface area contributed by atoms with Crippen LogP contribution >= 0.6 is 23.2 Å². The zero-order valence-corrected chi connectivity index (χ0v) is 14.8. The summed E-state index contributed by atoms with van der Waals surface area (Å²) in [5.41, 5.74) is -0.304. The minimum Gasteiger partial charge on any atom is -0.353 e. The molecule has 1 N–H and O–H groups in total. The Bertz CT molecular complexity index is 736. The van der Waals surface area contributed by atoms with Crippen molar-refractivity contribution < 1.29 is 14.5 Å². The maximum absolute atomic E-state index is 12.7. The van der Waals surface area contributed by atoms with E-state index >= 15 is 0 Å². The molecular weight excluding hydrogens is 369 g/mol. The lowest BCUT2D eigenvalue weighted by molar-refractivity contribution is -0.384. The summed E-state index contributed by atoms with van der Waals surface area (Å²) in [4.78, 5) is 36.9. The predicted octanol–water partition coefficient (Wildman–Crippen LogP) is 3.03. The first kappa shape index (κ1) is 17.9. The molecule has 2 amide bonds. The van der Waals surface area contributed by atoms with Gasteiger partial charge in [0.05, 0.1) is 15.9 Å². The molecule has 1 aromatic rings. The van der Waals surface area contributed by atoms with E-state index in [4.69, 9.17) is 23.2 Å². The van der Waals surface area contributed by atoms with E-state index in [-0.39, 0.29) is 39.4 Å². The Morgan fingerprint density at radius 3 is 2.60 bits per heavy atom. The van der Waals surface area contributed by atoms with Gasteiger partial charge in [-0.15, -0.1) is 0 Å². The van der Waals surface area contributed by atoms with Gasteiger partial charge in [-0.3, -0.25) is 19.7 Å². The van der Waals surface area contributed by atoms with Crippen LogP contribution in [0.15, 0.2) is 12.1 Å². The van der Waals surface area contributed by atoms with Crippen molar-refractivity contribution in [2.45, 2.75) is 31.7 Å². The number of hydrogen-bond donors (Lipinski definition) is 1. The van der Waals surface area contributed by atoms with Crippen molar-refractivity contribution in [1.29, 1.82) is 0 Å². The third-order valence-corrected chi connectivity index (χ3v) is 5.25. The van der Waals surface area contributed by atoms with Crippen molar-refractivity contribution in [3.05, 3.63) is 37.9 Å². The fourth-order valence-corrected chi connectivity index (χ4v) is 3.33. The third-order valence-electron chi connectivity index (χ3n) is 4.46. The van der Waals surface area contributed by atoms with Crippen LogP contribution in [-0.2, 0) is 4.79 Å². The molecule has 0 bridgehead atoms. The van der Waals surface area contributed by atoms with E-state index in [9.17, 15) is 19.7 Å². The van der Waals surface area contributed by atoms with Crippen molar-refractivity contribution >= 4 is 40.7 Å². The van der Waals surface area contributed by atoms with Gasteiger partial charge in [-0.25, -0.2) is 0 Å². The molecule has 25 heavy (non-hydrogen) atoms. The number of nitrogens with zero attached hydrogens (tertiary/aromatic N) is 2. The first-order valence-electron chi connectivity index (χ1n) is 8.10. The molecule has 1 heterocycles. The molecule has 0 radical (unpaired) electrons. The molecular formula is C16H17Cl2N3O4. The predicted molar refractivity (Wildman–Crippen MR) is 92.9 cm³/mol. The molecule has 2 aliphatic rings. The minimum atomic E-state index is -0.674. The number of carbonyl (C=O) groups is 2. The second-order valence-corrected chi connectivity index (χ2v) is 7.21. The minimum absolute atomic E-state index is 0.0277. The quantitative estimate of drug-likeness (QED) is 0.636. The van der Waals surface area contributed by atoms with Gasteiger partial charge in [0.15, 0.2) is 0 Å². The summed E-state index contributed by atoms with van der Waals surface area (Å²) >= 11 is 11.7. The summed E-state index contributed by atoms with van der Waals surface area (Å²) in [5.74, 6) is -0.665. The highest BCUT2D eigenvalue weighted by Gasteiger charge is 2.33. The van der Waals surface area contributed by atoms with E-state index in [1.54, 1.807) is 4.90 Å². The number of nitro groups is 1. The van der Waals surface area contributed by atoms with Gasteiger partial charge in [0, 0.05) is 30.8 Å². The number of piperidine rings is 1. The summed E-state index contributed by atoms with van der Waals surface area (Å²) < 4.78 is 0. The van der Waals surface area contributed by atoms with Crippen LogP contribution in [0.4, 0.5) is 5.69 Å². The van der Waals surface area contributed by atoms with E-state index in [1.807, 2.05) is 0 Å². The SMILES string of the molecule is O=C(NC1CC1)C1CCCN(C(=O)c2cc(Cl)c(Cl)c([N+](=O)[O-])c2)C1. The zero-order chi connectivity index (χ0) is 18.1. The van der Waals surface area contributed by atoms with Crippen LogP contribution in [0.25, 0.3) is 0 Å². The van der Waals surface area contributed by atoms with Gasteiger partial charge < -0.3 is 10.2 Å². The third kappa shape index (κ3) is 4.04. The van der Waals surface area contributed by atoms with Gasteiger partial charge in [-0.05, 0) is 31.7 Å². The molecule has 3 rings (SSSR count). The van der Waals surface area contributed by atoms with E-state index in [0.717, 1.165) is 25.3 Å². The number of benzene rings is 1. The average Bonchev–Trinajstić information content (AvgIpc) is 3.40. The smallest absolute Gasteiger partial charge is 0.290 e. The lowest BCUT2D eigenvalue weighted by atomic mass is 9.96. The zero-order valence-electron chi connectivity index (χ0n) is 13.3. The number of rotatable bonds is 4. The summed E-state index contributed by atoms with van der Waals surface area (Å²) in [6, 6.07) is 2.73. The number of carbonyl (C=O) groups excluding carboxylic acids is 2. The Hall–Kier alpha value is -1.86. The normalized spacial score (nSPS) is 20.2. The largest absolute Gasteiger partial charge is 0.353 e. The van der Waals surface area contributed by atoms with Gasteiger partial charge in [-0.2, -0.15) is 0 Å². The van der Waals surface area contributed by atoms with Crippen LogP contribution in [0.1, 0.15) is 36.0 Å². The van der Waals surface area contributed by atoms with Crippen molar-refractivity contribution in [3.63, 3.8) is 0 Å². The number of nitrogens with one attached hydrogen (secondary N) is 1. The standard InChI is InChI=1S/C16H17Cl2N3O4/c17-12-6-10(7-13(14(12)18)21(24)25)16(23)20-5-1-2-9(8-20)15(22)19-11-3-4-11/h6-7,9,11H,1-5,8H2,(H,19,22). The Kier molecular flexibility index (Phi) is 5.15. The fraction of sp³-hybridized carbons (Fsp3) is 0.500. The lowest BCUT2D eigenvalue weighted by Crippen LogP contribution is -2.45. The van der Waals surface area contributed by atoms with Crippen LogP contribution in [0, 0.1) is 16.0 Å². The number of halogens is 2. The van der Waals surface area contributed by atoms with Crippen LogP contribution < -0.4 is 5.32 Å². The second kappa shape index (κ2) is 7.17. The van der Waals surface area contributed by atoms with Gasteiger partial charge >= 0.3 is 0 Å². The Labute approximate surface area is 154 Å². The van der Waals surface area contributed by atoms with E-state index < -0.39 is 10.6 Å². The fourth-order valence-electron chi connectivity index (χ4n) is 2.94. The number of likely N-dealkylation sites (tertiary alicyclic amines) is 1. The van der Waals surface area contributed by atoms with Gasteiger partial charge in [-0.1, -0.05) is 23.2 Å². The molecule has 2 fully saturated rings. The number of hydrogen-bond acceptors (Lipinski definition) is 4. The molecule has 1 aliphatic heterocycles. The Balaban J connectivity index is 1.75. The lowest BCUT2D eigenvalue weighted by Gasteiger charge is -2.32. The van der Waals surface area contributed by atoms with Crippen molar-refractivity contribution in [2.24, 2.45) is 5.92 Å². The summed E-state index contributed by atoms with van der Waals surface area (Å²) in [5, 5.41) is 13.8. The first-order valence-corrected chi connectivity index (χ1v) is 8.85. The summed E-state index contributed by atoms with van der Waals surface area (Å²) in [6.45, 7) is 0.797. The highest BCUT2D eigenvalue weighted by atomic mass is 35.5. The van der Waals surface area contributed by atoms with Crippen LogP contribution in [-0.4, -0.2) is 40.8 Å². The summed E-state index contributed by atoms with van der Waals surface area (Å²) in [7, 11) is 0. The van der Waals surface area contributed by atoms with Crippen molar-refractivity contribution in [3.8, 4) is 0 Å². The van der Waals surface area contributed by atoms with Gasteiger partial charge in [0.25, 0.3) is 11.6 Å². The van der Waals surface area contributed by atoms with E-state index in [1.165, 1.54) is 6.07 Å². The molecule has 0 aromatic heterocycles. The molecule has 1 aromatic carbocycles. The van der Waals surface area contributed by atoms with E-state index in [2.05, 4.69) is 5.32 Å². The van der Waals surface area contributed by atoms with Crippen LogP contribution in [0.3, 0.4) is 0 Å². The topological polar surface area (TPSA) is 92.6 Å². The molecule has 1 aliphatic carbocycles. The molecule has 1 unspecified atom stereocenters. The molecule has 1 atom stereocenters. The van der Waals surface area contributed by atoms with Gasteiger partial charge in [0.1, 0.15) is 5.02 Å². The molecule has 1 saturated heterocycles. The number of amides is 2. The Morgan fingerprint density at radius 2 is 1.96 bits per heavy atom.